The van der Waals surface area contributed by atoms with Crippen LogP contribution in [-0.2, 0) is 6.54 Å². The Morgan fingerprint density at radius 1 is 0.926 bits per heavy atom. The Morgan fingerprint density at radius 2 is 1.48 bits per heavy atom. The number of rotatable bonds is 11. The maximum atomic E-state index is 10.5. The number of aliphatic hydroxyl groups excluding tert-OH is 1. The second-order valence-electron chi connectivity index (χ2n) is 7.13. The lowest BCUT2D eigenvalue weighted by Crippen LogP contribution is -2.36. The van der Waals surface area contributed by atoms with Gasteiger partial charge in [0, 0.05) is 19.6 Å². The molecule has 2 aromatic carbocycles. The van der Waals surface area contributed by atoms with Gasteiger partial charge in [-0.05, 0) is 60.7 Å². The van der Waals surface area contributed by atoms with Gasteiger partial charge in [0.2, 0.25) is 0 Å². The molecule has 3 rings (SSSR count). The van der Waals surface area contributed by atoms with Gasteiger partial charge in [0.1, 0.15) is 30.0 Å². The van der Waals surface area contributed by atoms with Gasteiger partial charge in [-0.1, -0.05) is 12.1 Å². The quantitative estimate of drug-likeness (QED) is 0.656. The molecule has 1 N–H and O–H groups in total. The van der Waals surface area contributed by atoms with Crippen molar-refractivity contribution in [3.63, 3.8) is 0 Å². The smallest absolute Gasteiger partial charge is 0.119 e. The molecule has 0 saturated heterocycles. The third kappa shape index (κ3) is 6.45. The van der Waals surface area contributed by atoms with E-state index in [2.05, 4.69) is 17.0 Å². The first-order chi connectivity index (χ1) is 13.2. The van der Waals surface area contributed by atoms with Gasteiger partial charge < -0.3 is 19.3 Å². The summed E-state index contributed by atoms with van der Waals surface area (Å²) in [5.41, 5.74) is 1.22. The summed E-state index contributed by atoms with van der Waals surface area (Å²) in [4.78, 5) is 2.32. The molecular weight excluding hydrogens is 342 g/mol. The molecule has 0 radical (unpaired) electrons. The van der Waals surface area contributed by atoms with Crippen LogP contribution < -0.4 is 14.2 Å². The van der Waals surface area contributed by atoms with Crippen molar-refractivity contribution in [1.29, 1.82) is 0 Å². The zero-order valence-electron chi connectivity index (χ0n) is 16.1. The maximum absolute atomic E-state index is 10.5. The summed E-state index contributed by atoms with van der Waals surface area (Å²) >= 11 is 0. The molecule has 5 nitrogen and oxygen atoms in total. The van der Waals surface area contributed by atoms with Crippen LogP contribution in [-0.4, -0.2) is 50.0 Å². The van der Waals surface area contributed by atoms with E-state index in [1.54, 1.807) is 14.2 Å². The van der Waals surface area contributed by atoms with Crippen LogP contribution in [0.4, 0.5) is 0 Å². The van der Waals surface area contributed by atoms with Gasteiger partial charge >= 0.3 is 0 Å². The van der Waals surface area contributed by atoms with Crippen LogP contribution in [0.5, 0.6) is 17.2 Å². The Kier molecular flexibility index (Phi) is 6.96. The minimum absolute atomic E-state index is 0.274. The minimum atomic E-state index is -0.538. The first-order valence-electron chi connectivity index (χ1n) is 9.46. The third-order valence-electron chi connectivity index (χ3n) is 4.75. The standard InChI is InChI=1S/C22H29NO4/c1-25-20-7-5-18(6-8-20)14-23(13-17-3-4-17)15-19(24)16-27-22-11-9-21(26-2)10-12-22/h5-12,17,19,24H,3-4,13-16H2,1-2H3/t19-/m0/s1. The fourth-order valence-corrected chi connectivity index (χ4v) is 3.07. The molecule has 0 bridgehead atoms. The van der Waals surface area contributed by atoms with Crippen molar-refractivity contribution < 1.29 is 19.3 Å². The predicted octanol–water partition coefficient (Wildman–Crippen LogP) is 3.36. The molecule has 0 unspecified atom stereocenters. The van der Waals surface area contributed by atoms with Crippen molar-refractivity contribution in [2.24, 2.45) is 5.92 Å². The normalized spacial score (nSPS) is 14.8. The van der Waals surface area contributed by atoms with Crippen LogP contribution in [0.2, 0.25) is 0 Å². The molecule has 0 heterocycles. The van der Waals surface area contributed by atoms with Crippen molar-refractivity contribution >= 4 is 0 Å². The molecular formula is C22H29NO4. The first-order valence-corrected chi connectivity index (χ1v) is 9.46. The summed E-state index contributed by atoms with van der Waals surface area (Å²) in [6.45, 7) is 2.71. The van der Waals surface area contributed by atoms with Crippen molar-refractivity contribution in [1.82, 2.24) is 4.90 Å². The second-order valence-corrected chi connectivity index (χ2v) is 7.13. The Labute approximate surface area is 161 Å². The maximum Gasteiger partial charge on any atom is 0.119 e. The monoisotopic (exact) mass is 371 g/mol. The predicted molar refractivity (Wildman–Crippen MR) is 105 cm³/mol. The molecule has 146 valence electrons. The van der Waals surface area contributed by atoms with Gasteiger partial charge in [0.05, 0.1) is 14.2 Å². The van der Waals surface area contributed by atoms with E-state index in [-0.39, 0.29) is 6.61 Å². The van der Waals surface area contributed by atoms with Crippen molar-refractivity contribution in [2.75, 3.05) is 33.9 Å². The fraction of sp³-hybridized carbons (Fsp3) is 0.455. The molecule has 0 amide bonds. The number of nitrogens with zero attached hydrogens (tertiary/aromatic N) is 1. The molecule has 0 aromatic heterocycles. The number of aliphatic hydroxyl groups is 1. The zero-order chi connectivity index (χ0) is 19.1. The number of methoxy groups -OCH3 is 2. The molecule has 27 heavy (non-hydrogen) atoms. The highest BCUT2D eigenvalue weighted by Gasteiger charge is 2.25. The van der Waals surface area contributed by atoms with Crippen LogP contribution in [0, 0.1) is 5.92 Å². The lowest BCUT2D eigenvalue weighted by Gasteiger charge is -2.25. The summed E-state index contributed by atoms with van der Waals surface area (Å²) in [5.74, 6) is 3.15. The molecule has 1 aliphatic carbocycles. The van der Waals surface area contributed by atoms with E-state index in [9.17, 15) is 5.11 Å². The van der Waals surface area contributed by atoms with E-state index >= 15 is 0 Å². The lowest BCUT2D eigenvalue weighted by molar-refractivity contribution is 0.0639. The van der Waals surface area contributed by atoms with Crippen LogP contribution in [0.15, 0.2) is 48.5 Å². The summed E-state index contributed by atoms with van der Waals surface area (Å²) in [7, 11) is 3.31. The first kappa shape index (κ1) is 19.5. The molecule has 0 aliphatic heterocycles. The third-order valence-corrected chi connectivity index (χ3v) is 4.75. The van der Waals surface area contributed by atoms with Crippen LogP contribution in [0.3, 0.4) is 0 Å². The summed E-state index contributed by atoms with van der Waals surface area (Å²) in [6.07, 6.45) is 2.04. The molecule has 0 spiro atoms. The number of hydrogen-bond acceptors (Lipinski definition) is 5. The largest absolute Gasteiger partial charge is 0.497 e. The van der Waals surface area contributed by atoms with Crippen molar-refractivity contribution in [3.05, 3.63) is 54.1 Å². The Hall–Kier alpha value is -2.24. The molecule has 1 atom stereocenters. The van der Waals surface area contributed by atoms with Gasteiger partial charge in [0.25, 0.3) is 0 Å². The van der Waals surface area contributed by atoms with E-state index in [4.69, 9.17) is 14.2 Å². The van der Waals surface area contributed by atoms with Gasteiger partial charge in [-0.3, -0.25) is 4.90 Å². The Bertz CT molecular complexity index is 682. The highest BCUT2D eigenvalue weighted by atomic mass is 16.5. The minimum Gasteiger partial charge on any atom is -0.497 e. The molecule has 1 fully saturated rings. The lowest BCUT2D eigenvalue weighted by atomic mass is 10.2. The number of ether oxygens (including phenoxy) is 3. The molecule has 2 aromatic rings. The summed E-state index contributed by atoms with van der Waals surface area (Å²) in [6, 6.07) is 15.5. The summed E-state index contributed by atoms with van der Waals surface area (Å²) < 4.78 is 16.1. The fourth-order valence-electron chi connectivity index (χ4n) is 3.07. The van der Waals surface area contributed by atoms with Gasteiger partial charge in [-0.2, -0.15) is 0 Å². The molecule has 1 aliphatic rings. The number of benzene rings is 2. The summed E-state index contributed by atoms with van der Waals surface area (Å²) in [5, 5.41) is 10.5. The van der Waals surface area contributed by atoms with Gasteiger partial charge in [-0.25, -0.2) is 0 Å². The molecule has 5 heteroatoms. The van der Waals surface area contributed by atoms with Crippen LogP contribution in [0.25, 0.3) is 0 Å². The zero-order valence-corrected chi connectivity index (χ0v) is 16.1. The highest BCUT2D eigenvalue weighted by molar-refractivity contribution is 5.31. The Morgan fingerprint density at radius 3 is 2.04 bits per heavy atom. The van der Waals surface area contributed by atoms with Crippen LogP contribution >= 0.6 is 0 Å². The van der Waals surface area contributed by atoms with Crippen molar-refractivity contribution in [3.8, 4) is 17.2 Å². The topological polar surface area (TPSA) is 51.2 Å². The van der Waals surface area contributed by atoms with Crippen LogP contribution in [0.1, 0.15) is 18.4 Å². The average Bonchev–Trinajstić information content (AvgIpc) is 3.51. The average molecular weight is 371 g/mol. The van der Waals surface area contributed by atoms with E-state index in [1.165, 1.54) is 18.4 Å². The van der Waals surface area contributed by atoms with E-state index < -0.39 is 6.10 Å². The Balaban J connectivity index is 1.51. The second kappa shape index (κ2) is 9.62. The van der Waals surface area contributed by atoms with E-state index in [0.29, 0.717) is 6.54 Å². The van der Waals surface area contributed by atoms with E-state index in [1.807, 2.05) is 36.4 Å². The highest BCUT2D eigenvalue weighted by Crippen LogP contribution is 2.30. The SMILES string of the molecule is COc1ccc(CN(CC2CC2)C[C@H](O)COc2ccc(OC)cc2)cc1. The van der Waals surface area contributed by atoms with Crippen molar-refractivity contribution in [2.45, 2.75) is 25.5 Å². The van der Waals surface area contributed by atoms with E-state index in [0.717, 1.165) is 36.3 Å². The number of hydrogen-bond donors (Lipinski definition) is 1. The van der Waals surface area contributed by atoms with Gasteiger partial charge in [-0.15, -0.1) is 0 Å². The molecule has 1 saturated carbocycles. The van der Waals surface area contributed by atoms with Gasteiger partial charge in [0.15, 0.2) is 0 Å².